The summed E-state index contributed by atoms with van der Waals surface area (Å²) in [6, 6.07) is 9.09. The van der Waals surface area contributed by atoms with E-state index in [4.69, 9.17) is 9.15 Å². The molecule has 0 atom stereocenters. The summed E-state index contributed by atoms with van der Waals surface area (Å²) in [6.07, 6.45) is -0.509. The monoisotopic (exact) mass is 304 g/mol. The van der Waals surface area contributed by atoms with E-state index in [1.54, 1.807) is 32.9 Å². The van der Waals surface area contributed by atoms with Crippen LogP contribution >= 0.6 is 0 Å². The first kappa shape index (κ1) is 15.9. The lowest BCUT2D eigenvalue weighted by Gasteiger charge is -2.19. The fraction of sp³-hybridized carbons (Fsp3) is 0.375. The van der Waals surface area contributed by atoms with Gasteiger partial charge in [0.05, 0.1) is 0 Å². The predicted octanol–water partition coefficient (Wildman–Crippen LogP) is 2.69. The molecular formula is C16H20N2O4. The maximum absolute atomic E-state index is 11.9. The van der Waals surface area contributed by atoms with E-state index in [2.05, 4.69) is 10.6 Å². The third-order valence-corrected chi connectivity index (χ3v) is 2.73. The van der Waals surface area contributed by atoms with Gasteiger partial charge in [-0.15, -0.1) is 0 Å². The van der Waals surface area contributed by atoms with E-state index >= 15 is 0 Å². The summed E-state index contributed by atoms with van der Waals surface area (Å²) in [5, 5.41) is 6.12. The molecule has 2 aromatic rings. The average molecular weight is 304 g/mol. The second-order valence-corrected chi connectivity index (χ2v) is 5.83. The van der Waals surface area contributed by atoms with Crippen molar-refractivity contribution < 1.29 is 18.7 Å². The smallest absolute Gasteiger partial charge is 0.407 e. The second kappa shape index (κ2) is 6.51. The van der Waals surface area contributed by atoms with Gasteiger partial charge in [0.1, 0.15) is 11.2 Å². The lowest BCUT2D eigenvalue weighted by molar-refractivity contribution is 0.0526. The van der Waals surface area contributed by atoms with Gasteiger partial charge in [0, 0.05) is 18.5 Å². The molecule has 0 aliphatic carbocycles. The van der Waals surface area contributed by atoms with Gasteiger partial charge in [-0.1, -0.05) is 18.2 Å². The quantitative estimate of drug-likeness (QED) is 0.851. The molecule has 22 heavy (non-hydrogen) atoms. The molecule has 6 nitrogen and oxygen atoms in total. The molecule has 118 valence electrons. The minimum Gasteiger partial charge on any atom is -0.451 e. The highest BCUT2D eigenvalue weighted by molar-refractivity contribution is 5.96. The number of ether oxygens (including phenoxy) is 1. The number of alkyl carbamates (subject to hydrolysis) is 1. The van der Waals surface area contributed by atoms with Crippen LogP contribution in [0.1, 0.15) is 31.3 Å². The Balaban J connectivity index is 1.77. The van der Waals surface area contributed by atoms with Crippen LogP contribution in [0.25, 0.3) is 11.0 Å². The van der Waals surface area contributed by atoms with Crippen LogP contribution in [0.2, 0.25) is 0 Å². The highest BCUT2D eigenvalue weighted by atomic mass is 16.6. The predicted molar refractivity (Wildman–Crippen MR) is 82.8 cm³/mol. The first-order chi connectivity index (χ1) is 10.3. The van der Waals surface area contributed by atoms with Crippen molar-refractivity contribution in [3.8, 4) is 0 Å². The maximum Gasteiger partial charge on any atom is 0.407 e. The average Bonchev–Trinajstić information content (AvgIpc) is 2.85. The SMILES string of the molecule is CC(C)(C)OC(=O)NCCNC(=O)c1cc2ccccc2o1. The Labute approximate surface area is 128 Å². The molecule has 0 aliphatic rings. The van der Waals surface area contributed by atoms with Crippen molar-refractivity contribution >= 4 is 23.0 Å². The molecule has 0 fully saturated rings. The molecule has 1 aromatic carbocycles. The summed E-state index contributed by atoms with van der Waals surface area (Å²) in [4.78, 5) is 23.4. The lowest BCUT2D eigenvalue weighted by Crippen LogP contribution is -2.37. The van der Waals surface area contributed by atoms with Gasteiger partial charge in [0.2, 0.25) is 0 Å². The standard InChI is InChI=1S/C16H20N2O4/c1-16(2,3)22-15(20)18-9-8-17-14(19)13-10-11-6-4-5-7-12(11)21-13/h4-7,10H,8-9H2,1-3H3,(H,17,19)(H,18,20). The van der Waals surface area contributed by atoms with Crippen molar-refractivity contribution in [1.82, 2.24) is 10.6 Å². The first-order valence-electron chi connectivity index (χ1n) is 7.09. The van der Waals surface area contributed by atoms with Gasteiger partial charge in [-0.3, -0.25) is 4.79 Å². The molecule has 0 aliphatic heterocycles. The topological polar surface area (TPSA) is 80.6 Å². The van der Waals surface area contributed by atoms with E-state index in [1.165, 1.54) is 0 Å². The van der Waals surface area contributed by atoms with Gasteiger partial charge >= 0.3 is 6.09 Å². The fourth-order valence-electron chi connectivity index (χ4n) is 1.84. The van der Waals surface area contributed by atoms with E-state index in [0.717, 1.165) is 5.39 Å². The molecule has 1 aromatic heterocycles. The van der Waals surface area contributed by atoms with Gasteiger partial charge in [0.25, 0.3) is 5.91 Å². The normalized spacial score (nSPS) is 11.2. The van der Waals surface area contributed by atoms with Crippen molar-refractivity contribution in [2.75, 3.05) is 13.1 Å². The number of hydrogen-bond donors (Lipinski definition) is 2. The zero-order valence-electron chi connectivity index (χ0n) is 12.9. The number of fused-ring (bicyclic) bond motifs is 1. The molecule has 2 rings (SSSR count). The molecule has 0 saturated carbocycles. The van der Waals surface area contributed by atoms with Gasteiger partial charge in [0.15, 0.2) is 5.76 Å². The molecule has 0 radical (unpaired) electrons. The Kier molecular flexibility index (Phi) is 4.70. The third-order valence-electron chi connectivity index (χ3n) is 2.73. The van der Waals surface area contributed by atoms with Crippen LogP contribution in [0, 0.1) is 0 Å². The summed E-state index contributed by atoms with van der Waals surface area (Å²) < 4.78 is 10.5. The fourth-order valence-corrected chi connectivity index (χ4v) is 1.84. The molecular weight excluding hydrogens is 284 g/mol. The highest BCUT2D eigenvalue weighted by Crippen LogP contribution is 2.18. The van der Waals surface area contributed by atoms with Crippen LogP contribution in [0.4, 0.5) is 4.79 Å². The van der Waals surface area contributed by atoms with Crippen molar-refractivity contribution in [1.29, 1.82) is 0 Å². The minimum atomic E-state index is -0.540. The highest BCUT2D eigenvalue weighted by Gasteiger charge is 2.16. The van der Waals surface area contributed by atoms with Crippen LogP contribution in [0.3, 0.4) is 0 Å². The van der Waals surface area contributed by atoms with Gasteiger partial charge in [-0.2, -0.15) is 0 Å². The number of furan rings is 1. The zero-order chi connectivity index (χ0) is 16.2. The van der Waals surface area contributed by atoms with E-state index in [1.807, 2.05) is 18.2 Å². The van der Waals surface area contributed by atoms with E-state index in [0.29, 0.717) is 5.58 Å². The Morgan fingerprint density at radius 1 is 1.14 bits per heavy atom. The van der Waals surface area contributed by atoms with Crippen LogP contribution < -0.4 is 10.6 Å². The molecule has 0 bridgehead atoms. The molecule has 0 unspecified atom stereocenters. The number of carbonyl (C=O) groups excluding carboxylic acids is 2. The number of para-hydroxylation sites is 1. The van der Waals surface area contributed by atoms with Crippen LogP contribution in [-0.4, -0.2) is 30.7 Å². The van der Waals surface area contributed by atoms with Crippen molar-refractivity contribution in [2.45, 2.75) is 26.4 Å². The van der Waals surface area contributed by atoms with E-state index in [9.17, 15) is 9.59 Å². The van der Waals surface area contributed by atoms with Crippen molar-refractivity contribution in [3.05, 3.63) is 36.1 Å². The van der Waals surface area contributed by atoms with Gasteiger partial charge in [-0.25, -0.2) is 4.79 Å². The summed E-state index contributed by atoms with van der Waals surface area (Å²) in [7, 11) is 0. The first-order valence-corrected chi connectivity index (χ1v) is 7.09. The van der Waals surface area contributed by atoms with Crippen molar-refractivity contribution in [3.63, 3.8) is 0 Å². The van der Waals surface area contributed by atoms with Crippen LogP contribution in [0.5, 0.6) is 0 Å². The summed E-state index contributed by atoms with van der Waals surface area (Å²) in [5.41, 5.74) is 0.126. The molecule has 0 spiro atoms. The molecule has 1 heterocycles. The van der Waals surface area contributed by atoms with E-state index in [-0.39, 0.29) is 24.8 Å². The zero-order valence-corrected chi connectivity index (χ0v) is 12.9. The van der Waals surface area contributed by atoms with E-state index < -0.39 is 11.7 Å². The summed E-state index contributed by atoms with van der Waals surface area (Å²) >= 11 is 0. The number of amides is 2. The largest absolute Gasteiger partial charge is 0.451 e. The Hall–Kier alpha value is -2.50. The van der Waals surface area contributed by atoms with Crippen molar-refractivity contribution in [2.24, 2.45) is 0 Å². The summed E-state index contributed by atoms with van der Waals surface area (Å²) in [5.74, 6) is -0.0688. The molecule has 0 saturated heterocycles. The summed E-state index contributed by atoms with van der Waals surface area (Å²) in [6.45, 7) is 5.93. The number of benzene rings is 1. The maximum atomic E-state index is 11.9. The lowest BCUT2D eigenvalue weighted by atomic mass is 10.2. The number of rotatable bonds is 4. The Morgan fingerprint density at radius 2 is 1.82 bits per heavy atom. The number of hydrogen-bond acceptors (Lipinski definition) is 4. The number of carbonyl (C=O) groups is 2. The second-order valence-electron chi connectivity index (χ2n) is 5.83. The molecule has 2 amide bonds. The van der Waals surface area contributed by atoms with Crippen LogP contribution in [-0.2, 0) is 4.74 Å². The molecule has 6 heteroatoms. The van der Waals surface area contributed by atoms with Gasteiger partial charge < -0.3 is 19.8 Å². The number of nitrogens with one attached hydrogen (secondary N) is 2. The third kappa shape index (κ3) is 4.51. The molecule has 2 N–H and O–H groups in total. The minimum absolute atomic E-state index is 0.249. The van der Waals surface area contributed by atoms with Crippen LogP contribution in [0.15, 0.2) is 34.7 Å². The van der Waals surface area contributed by atoms with Gasteiger partial charge in [-0.05, 0) is 32.9 Å². The Morgan fingerprint density at radius 3 is 2.50 bits per heavy atom. The Bertz CT molecular complexity index is 637.